The van der Waals surface area contributed by atoms with Gasteiger partial charge >= 0.3 is 0 Å². The Labute approximate surface area is 87.3 Å². The molecule has 0 aromatic carbocycles. The van der Waals surface area contributed by atoms with E-state index < -0.39 is 5.60 Å². The maximum Gasteiger partial charge on any atom is 0.171 e. The van der Waals surface area contributed by atoms with Crippen molar-refractivity contribution < 1.29 is 5.11 Å². The van der Waals surface area contributed by atoms with Gasteiger partial charge in [0.05, 0.1) is 5.60 Å². The topological polar surface area (TPSA) is 58.0 Å². The Kier molecular flexibility index (Phi) is 2.56. The first-order chi connectivity index (χ1) is 6.70. The zero-order valence-electron chi connectivity index (χ0n) is 7.70. The van der Waals surface area contributed by atoms with Crippen LogP contribution in [0.5, 0.6) is 0 Å². The fraction of sp³-hybridized carbons (Fsp3) is 0.556. The lowest BCUT2D eigenvalue weighted by Crippen LogP contribution is -2.43. The molecule has 0 unspecified atom stereocenters. The van der Waals surface area contributed by atoms with Crippen molar-refractivity contribution in [1.82, 2.24) is 9.97 Å². The molecular weight excluding hydrogens is 202 g/mol. The molecule has 0 radical (unpaired) electrons. The van der Waals surface area contributed by atoms with Crippen molar-refractivity contribution in [2.45, 2.75) is 24.9 Å². The molecule has 4 nitrogen and oxygen atoms in total. The molecule has 1 aliphatic rings. The van der Waals surface area contributed by atoms with Gasteiger partial charge in [-0.15, -0.1) is 0 Å². The average Bonchev–Trinajstić information content (AvgIpc) is 2.14. The molecule has 1 aliphatic carbocycles. The van der Waals surface area contributed by atoms with E-state index in [1.54, 1.807) is 6.20 Å². The van der Waals surface area contributed by atoms with Gasteiger partial charge < -0.3 is 10.4 Å². The number of hydrogen-bond acceptors (Lipinski definition) is 4. The van der Waals surface area contributed by atoms with E-state index in [2.05, 4.69) is 15.3 Å². The average molecular weight is 214 g/mol. The number of nitrogens with zero attached hydrogens (tertiary/aromatic N) is 2. The van der Waals surface area contributed by atoms with Crippen molar-refractivity contribution in [3.8, 4) is 0 Å². The van der Waals surface area contributed by atoms with Gasteiger partial charge in [0.25, 0.3) is 0 Å². The normalized spacial score (nSPS) is 18.7. The molecule has 0 bridgehead atoms. The van der Waals surface area contributed by atoms with Gasteiger partial charge in [-0.2, -0.15) is 0 Å². The molecule has 0 spiro atoms. The van der Waals surface area contributed by atoms with E-state index in [0.29, 0.717) is 17.5 Å². The summed E-state index contributed by atoms with van der Waals surface area (Å²) in [6, 6.07) is 0. The Hall–Kier alpha value is -0.870. The third kappa shape index (κ3) is 1.96. The van der Waals surface area contributed by atoms with Gasteiger partial charge in [0, 0.05) is 18.9 Å². The minimum Gasteiger partial charge on any atom is -0.388 e. The van der Waals surface area contributed by atoms with Crippen LogP contribution in [-0.2, 0) is 0 Å². The second-order valence-corrected chi connectivity index (χ2v) is 3.99. The van der Waals surface area contributed by atoms with Crippen LogP contribution in [0.2, 0.25) is 5.15 Å². The molecule has 0 atom stereocenters. The second-order valence-electron chi connectivity index (χ2n) is 3.63. The highest BCUT2D eigenvalue weighted by Crippen LogP contribution is 2.31. The lowest BCUT2D eigenvalue weighted by atomic mass is 9.80. The predicted octanol–water partition coefficient (Wildman–Crippen LogP) is 1.46. The molecule has 0 aliphatic heterocycles. The largest absolute Gasteiger partial charge is 0.388 e. The van der Waals surface area contributed by atoms with Gasteiger partial charge in [-0.1, -0.05) is 11.6 Å². The second kappa shape index (κ2) is 3.71. The van der Waals surface area contributed by atoms with Crippen LogP contribution in [0.15, 0.2) is 12.4 Å². The lowest BCUT2D eigenvalue weighted by molar-refractivity contribution is -0.0202. The van der Waals surface area contributed by atoms with Crippen LogP contribution in [0, 0.1) is 0 Å². The molecule has 1 heterocycles. The van der Waals surface area contributed by atoms with Crippen molar-refractivity contribution >= 4 is 17.4 Å². The molecule has 2 N–H and O–H groups in total. The summed E-state index contributed by atoms with van der Waals surface area (Å²) in [5.74, 6) is 0.537. The third-order valence-corrected chi connectivity index (χ3v) is 2.80. The smallest absolute Gasteiger partial charge is 0.171 e. The highest BCUT2D eigenvalue weighted by atomic mass is 35.5. The number of aromatic nitrogens is 2. The number of anilines is 1. The molecule has 0 amide bonds. The third-order valence-electron chi connectivity index (χ3n) is 2.52. The predicted molar refractivity (Wildman–Crippen MR) is 54.3 cm³/mol. The Bertz CT molecular complexity index is 328. The van der Waals surface area contributed by atoms with Crippen molar-refractivity contribution in [1.29, 1.82) is 0 Å². The van der Waals surface area contributed by atoms with Crippen LogP contribution in [-0.4, -0.2) is 27.2 Å². The Morgan fingerprint density at radius 2 is 2.14 bits per heavy atom. The first kappa shape index (κ1) is 9.68. The van der Waals surface area contributed by atoms with Crippen LogP contribution < -0.4 is 5.32 Å². The summed E-state index contributed by atoms with van der Waals surface area (Å²) in [6.07, 6.45) is 5.88. The highest BCUT2D eigenvalue weighted by molar-refractivity contribution is 6.31. The number of hydrogen-bond donors (Lipinski definition) is 2. The molecule has 1 aromatic heterocycles. The van der Waals surface area contributed by atoms with Gasteiger partial charge in [0.2, 0.25) is 0 Å². The summed E-state index contributed by atoms with van der Waals surface area (Å²) in [6.45, 7) is 0.491. The zero-order chi connectivity index (χ0) is 10.0. The molecule has 1 saturated carbocycles. The number of rotatable bonds is 3. The Morgan fingerprint density at radius 1 is 1.43 bits per heavy atom. The van der Waals surface area contributed by atoms with Crippen molar-refractivity contribution in [3.05, 3.63) is 17.5 Å². The van der Waals surface area contributed by atoms with Crippen molar-refractivity contribution in [3.63, 3.8) is 0 Å². The minimum absolute atomic E-state index is 0.343. The maximum atomic E-state index is 9.81. The zero-order valence-corrected chi connectivity index (χ0v) is 8.46. The fourth-order valence-corrected chi connectivity index (χ4v) is 1.62. The SMILES string of the molecule is OC1(CNc2nccnc2Cl)CCC1. The van der Waals surface area contributed by atoms with Gasteiger partial charge in [0.1, 0.15) is 0 Å². The van der Waals surface area contributed by atoms with Crippen LogP contribution in [0.1, 0.15) is 19.3 Å². The summed E-state index contributed by atoms with van der Waals surface area (Å²) < 4.78 is 0. The summed E-state index contributed by atoms with van der Waals surface area (Å²) in [5.41, 5.74) is -0.569. The quantitative estimate of drug-likeness (QED) is 0.798. The van der Waals surface area contributed by atoms with Gasteiger partial charge in [-0.3, -0.25) is 0 Å². The lowest BCUT2D eigenvalue weighted by Gasteiger charge is -2.36. The van der Waals surface area contributed by atoms with Gasteiger partial charge in [0.15, 0.2) is 11.0 Å². The van der Waals surface area contributed by atoms with E-state index in [9.17, 15) is 5.11 Å². The van der Waals surface area contributed by atoms with E-state index in [1.165, 1.54) is 6.20 Å². The maximum absolute atomic E-state index is 9.81. The molecular formula is C9H12ClN3O. The van der Waals surface area contributed by atoms with Crippen LogP contribution in [0.4, 0.5) is 5.82 Å². The number of halogens is 1. The Morgan fingerprint density at radius 3 is 2.71 bits per heavy atom. The molecule has 2 rings (SSSR count). The van der Waals surface area contributed by atoms with Crippen molar-refractivity contribution in [2.75, 3.05) is 11.9 Å². The summed E-state index contributed by atoms with van der Waals surface area (Å²) in [7, 11) is 0. The van der Waals surface area contributed by atoms with Gasteiger partial charge in [-0.05, 0) is 19.3 Å². The molecule has 1 fully saturated rings. The Balaban J connectivity index is 1.95. The minimum atomic E-state index is -0.569. The van der Waals surface area contributed by atoms with Crippen LogP contribution in [0.3, 0.4) is 0 Å². The van der Waals surface area contributed by atoms with Crippen LogP contribution >= 0.6 is 11.6 Å². The number of aliphatic hydroxyl groups is 1. The number of nitrogens with one attached hydrogen (secondary N) is 1. The van der Waals surface area contributed by atoms with Crippen LogP contribution in [0.25, 0.3) is 0 Å². The molecule has 76 valence electrons. The molecule has 14 heavy (non-hydrogen) atoms. The standard InChI is InChI=1S/C9H12ClN3O/c10-7-8(12-5-4-11-7)13-6-9(14)2-1-3-9/h4-5,14H,1-3,6H2,(H,12,13). The first-order valence-electron chi connectivity index (χ1n) is 4.62. The molecule has 0 saturated heterocycles. The summed E-state index contributed by atoms with van der Waals surface area (Å²) in [5, 5.41) is 13.2. The summed E-state index contributed by atoms with van der Waals surface area (Å²) >= 11 is 5.80. The molecule has 5 heteroatoms. The first-order valence-corrected chi connectivity index (χ1v) is 5.00. The van der Waals surface area contributed by atoms with E-state index in [4.69, 9.17) is 11.6 Å². The summed E-state index contributed by atoms with van der Waals surface area (Å²) in [4.78, 5) is 7.91. The van der Waals surface area contributed by atoms with E-state index >= 15 is 0 Å². The van der Waals surface area contributed by atoms with E-state index in [-0.39, 0.29) is 0 Å². The molecule has 1 aromatic rings. The van der Waals surface area contributed by atoms with E-state index in [1.807, 2.05) is 0 Å². The van der Waals surface area contributed by atoms with E-state index in [0.717, 1.165) is 19.3 Å². The fourth-order valence-electron chi connectivity index (χ4n) is 1.45. The van der Waals surface area contributed by atoms with Crippen molar-refractivity contribution in [2.24, 2.45) is 0 Å². The highest BCUT2D eigenvalue weighted by Gasteiger charge is 2.34. The van der Waals surface area contributed by atoms with Gasteiger partial charge in [-0.25, -0.2) is 9.97 Å². The monoisotopic (exact) mass is 213 g/mol.